The van der Waals surface area contributed by atoms with Gasteiger partial charge in [0, 0.05) is 43.5 Å². The summed E-state index contributed by atoms with van der Waals surface area (Å²) in [5, 5.41) is 9.34. The van der Waals surface area contributed by atoms with Crippen LogP contribution in [-0.2, 0) is 4.74 Å². The molecule has 0 amide bonds. The summed E-state index contributed by atoms with van der Waals surface area (Å²) in [6, 6.07) is 9.12. The molecule has 0 aliphatic rings. The number of halogens is 1. The highest BCUT2D eigenvalue weighted by Gasteiger charge is 2.26. The number of ether oxygens (including phenoxy) is 3. The predicted octanol–water partition coefficient (Wildman–Crippen LogP) is 4.63. The molecule has 2 unspecified atom stereocenters. The van der Waals surface area contributed by atoms with Crippen LogP contribution >= 0.6 is 23.5 Å². The van der Waals surface area contributed by atoms with Crippen molar-refractivity contribution in [1.82, 2.24) is 29.7 Å². The van der Waals surface area contributed by atoms with Gasteiger partial charge < -0.3 is 14.2 Å². The number of nitrogens with zero attached hydrogens (tertiary/aromatic N) is 6. The minimum Gasteiger partial charge on any atom is -0.494 e. The fraction of sp³-hybridized carbons (Fsp3) is 0.261. The van der Waals surface area contributed by atoms with Crippen molar-refractivity contribution in [2.24, 2.45) is 0 Å². The van der Waals surface area contributed by atoms with Crippen LogP contribution in [0.4, 0.5) is 5.95 Å². The minimum absolute atomic E-state index is 0.0571. The van der Waals surface area contributed by atoms with Crippen LogP contribution in [0.15, 0.2) is 55.1 Å². The minimum atomic E-state index is -0.290. The Labute approximate surface area is 212 Å². The molecular weight excluding hydrogens is 490 g/mol. The molecule has 0 radical (unpaired) electrons. The lowest BCUT2D eigenvalue weighted by atomic mass is 10.2. The van der Waals surface area contributed by atoms with Gasteiger partial charge in [-0.05, 0) is 43.1 Å². The number of aromatic nitrogens is 6. The lowest BCUT2D eigenvalue weighted by molar-refractivity contribution is 0.101. The molecule has 0 spiro atoms. The standard InChI is InChI=1S/C23H24ClN7O3S/c1-14(20(33-3)17-8-7-16(24)13-27-17)35-30-23-29-28-21(15-6-5-10-25-12-15)31(23)19-18(32-2)9-11-26-22(19)34-4/h5-14,20H,1-4H3,(H,29,30). The van der Waals surface area contributed by atoms with Gasteiger partial charge in [0.2, 0.25) is 11.8 Å². The summed E-state index contributed by atoms with van der Waals surface area (Å²) in [4.78, 5) is 13.0. The van der Waals surface area contributed by atoms with Gasteiger partial charge in [-0.15, -0.1) is 10.2 Å². The van der Waals surface area contributed by atoms with Gasteiger partial charge in [0.05, 0.1) is 30.2 Å². The first kappa shape index (κ1) is 24.7. The number of anilines is 1. The van der Waals surface area contributed by atoms with Crippen molar-refractivity contribution in [3.8, 4) is 28.7 Å². The first-order chi connectivity index (χ1) is 17.1. The van der Waals surface area contributed by atoms with E-state index < -0.39 is 0 Å². The lowest BCUT2D eigenvalue weighted by Gasteiger charge is -2.22. The van der Waals surface area contributed by atoms with E-state index in [1.54, 1.807) is 62.8 Å². The Morgan fingerprint density at radius 1 is 1.00 bits per heavy atom. The Morgan fingerprint density at radius 3 is 2.51 bits per heavy atom. The molecule has 0 saturated heterocycles. The Kier molecular flexibility index (Phi) is 8.01. The topological polar surface area (TPSA) is 109 Å². The average Bonchev–Trinajstić information content (AvgIpc) is 3.32. The average molecular weight is 514 g/mol. The Morgan fingerprint density at radius 2 is 1.86 bits per heavy atom. The first-order valence-corrected chi connectivity index (χ1v) is 11.8. The molecule has 0 saturated carbocycles. The van der Waals surface area contributed by atoms with E-state index in [1.807, 2.05) is 25.1 Å². The number of pyridine rings is 3. The molecule has 1 N–H and O–H groups in total. The van der Waals surface area contributed by atoms with Gasteiger partial charge in [-0.1, -0.05) is 11.6 Å². The molecule has 0 aromatic carbocycles. The maximum atomic E-state index is 5.99. The van der Waals surface area contributed by atoms with E-state index in [0.29, 0.717) is 34.1 Å². The third-order valence-electron chi connectivity index (χ3n) is 5.13. The number of hydrogen-bond donors (Lipinski definition) is 1. The van der Waals surface area contributed by atoms with Gasteiger partial charge in [-0.2, -0.15) is 0 Å². The maximum Gasteiger partial charge on any atom is 0.242 e. The number of methoxy groups -OCH3 is 3. The highest BCUT2D eigenvalue weighted by molar-refractivity contribution is 8.01. The fourth-order valence-electron chi connectivity index (χ4n) is 3.50. The molecule has 4 aromatic heterocycles. The van der Waals surface area contributed by atoms with E-state index in [4.69, 9.17) is 25.8 Å². The van der Waals surface area contributed by atoms with Crippen LogP contribution < -0.4 is 14.2 Å². The molecule has 12 heteroatoms. The monoisotopic (exact) mass is 513 g/mol. The van der Waals surface area contributed by atoms with Crippen molar-refractivity contribution in [1.29, 1.82) is 0 Å². The largest absolute Gasteiger partial charge is 0.494 e. The molecule has 0 bridgehead atoms. The normalized spacial score (nSPS) is 12.7. The molecule has 182 valence electrons. The highest BCUT2D eigenvalue weighted by Crippen LogP contribution is 2.37. The summed E-state index contributed by atoms with van der Waals surface area (Å²) in [6.07, 6.45) is 6.33. The summed E-state index contributed by atoms with van der Waals surface area (Å²) in [5.74, 6) is 1.89. The number of nitrogens with one attached hydrogen (secondary N) is 1. The quantitative estimate of drug-likeness (QED) is 0.301. The zero-order valence-corrected chi connectivity index (χ0v) is 21.1. The zero-order chi connectivity index (χ0) is 24.8. The van der Waals surface area contributed by atoms with Gasteiger partial charge in [-0.3, -0.25) is 19.3 Å². The summed E-state index contributed by atoms with van der Waals surface area (Å²) in [6.45, 7) is 2.02. The molecule has 35 heavy (non-hydrogen) atoms. The molecular formula is C23H24ClN7O3S. The maximum absolute atomic E-state index is 5.99. The second-order valence-electron chi connectivity index (χ2n) is 7.28. The van der Waals surface area contributed by atoms with E-state index in [-0.39, 0.29) is 11.4 Å². The zero-order valence-electron chi connectivity index (χ0n) is 19.5. The molecule has 4 rings (SSSR count). The van der Waals surface area contributed by atoms with Crippen molar-refractivity contribution in [2.75, 3.05) is 26.1 Å². The molecule has 2 atom stereocenters. The predicted molar refractivity (Wildman–Crippen MR) is 135 cm³/mol. The van der Waals surface area contributed by atoms with Gasteiger partial charge in [-0.25, -0.2) is 4.98 Å². The van der Waals surface area contributed by atoms with E-state index in [9.17, 15) is 0 Å². The van der Waals surface area contributed by atoms with Gasteiger partial charge in [0.1, 0.15) is 11.9 Å². The molecule has 4 heterocycles. The van der Waals surface area contributed by atoms with Crippen LogP contribution in [0.1, 0.15) is 18.7 Å². The molecule has 10 nitrogen and oxygen atoms in total. The smallest absolute Gasteiger partial charge is 0.242 e. The van der Waals surface area contributed by atoms with E-state index in [0.717, 1.165) is 11.3 Å². The van der Waals surface area contributed by atoms with Gasteiger partial charge in [0.15, 0.2) is 11.5 Å². The summed E-state index contributed by atoms with van der Waals surface area (Å²) in [7, 11) is 4.77. The molecule has 0 aliphatic carbocycles. The van der Waals surface area contributed by atoms with Crippen LogP contribution in [0.2, 0.25) is 5.02 Å². The van der Waals surface area contributed by atoms with Crippen LogP contribution in [0.25, 0.3) is 17.1 Å². The second-order valence-corrected chi connectivity index (χ2v) is 8.90. The van der Waals surface area contributed by atoms with Gasteiger partial charge in [0.25, 0.3) is 0 Å². The summed E-state index contributed by atoms with van der Waals surface area (Å²) < 4.78 is 22.0. The summed E-state index contributed by atoms with van der Waals surface area (Å²) >= 11 is 7.41. The van der Waals surface area contributed by atoms with Crippen molar-refractivity contribution in [2.45, 2.75) is 18.3 Å². The first-order valence-electron chi connectivity index (χ1n) is 10.6. The fourth-order valence-corrected chi connectivity index (χ4v) is 4.41. The lowest BCUT2D eigenvalue weighted by Crippen LogP contribution is -2.18. The SMILES string of the molecule is COc1ccnc(OC)c1-n1c(NSC(C)C(OC)c2ccc(Cl)cn2)nnc1-c1cccnc1. The van der Waals surface area contributed by atoms with Crippen molar-refractivity contribution < 1.29 is 14.2 Å². The van der Waals surface area contributed by atoms with Crippen LogP contribution in [-0.4, -0.2) is 56.3 Å². The Bertz CT molecular complexity index is 1240. The van der Waals surface area contributed by atoms with Crippen LogP contribution in [0, 0.1) is 0 Å². The van der Waals surface area contributed by atoms with E-state index in [2.05, 4.69) is 29.9 Å². The molecule has 4 aromatic rings. The Hall–Kier alpha value is -3.41. The third-order valence-corrected chi connectivity index (χ3v) is 6.27. The van der Waals surface area contributed by atoms with Crippen molar-refractivity contribution in [3.63, 3.8) is 0 Å². The molecule has 0 fully saturated rings. The summed E-state index contributed by atoms with van der Waals surface area (Å²) in [5.41, 5.74) is 2.09. The van der Waals surface area contributed by atoms with Crippen molar-refractivity contribution in [3.05, 3.63) is 65.8 Å². The second kappa shape index (κ2) is 11.3. The van der Waals surface area contributed by atoms with E-state index in [1.165, 1.54) is 11.9 Å². The number of rotatable bonds is 10. The van der Waals surface area contributed by atoms with Gasteiger partial charge >= 0.3 is 0 Å². The Balaban J connectivity index is 1.71. The molecule has 0 aliphatic heterocycles. The highest BCUT2D eigenvalue weighted by atomic mass is 35.5. The number of hydrogen-bond acceptors (Lipinski definition) is 10. The third kappa shape index (κ3) is 5.31. The van der Waals surface area contributed by atoms with Crippen LogP contribution in [0.3, 0.4) is 0 Å². The van der Waals surface area contributed by atoms with E-state index >= 15 is 0 Å². The van der Waals surface area contributed by atoms with Crippen molar-refractivity contribution >= 4 is 29.5 Å². The van der Waals surface area contributed by atoms with Crippen LogP contribution in [0.5, 0.6) is 11.6 Å².